The van der Waals surface area contributed by atoms with Crippen molar-refractivity contribution in [2.24, 2.45) is 5.73 Å². The minimum absolute atomic E-state index is 0.283. The fraction of sp³-hybridized carbons (Fsp3) is 0.235. The van der Waals surface area contributed by atoms with E-state index < -0.39 is 6.09 Å². The molecule has 1 aliphatic heterocycles. The first-order valence-electron chi connectivity index (χ1n) is 7.48. The van der Waals surface area contributed by atoms with Gasteiger partial charge in [0.1, 0.15) is 11.5 Å². The van der Waals surface area contributed by atoms with E-state index in [1.807, 2.05) is 24.3 Å². The number of nitrogens with two attached hydrogens (primary N) is 1. The predicted molar refractivity (Wildman–Crippen MR) is 89.2 cm³/mol. The number of anilines is 2. The van der Waals surface area contributed by atoms with Gasteiger partial charge >= 0.3 is 6.09 Å². The van der Waals surface area contributed by atoms with Crippen LogP contribution in [0.2, 0.25) is 0 Å². The highest BCUT2D eigenvalue weighted by molar-refractivity contribution is 5.68. The van der Waals surface area contributed by atoms with Gasteiger partial charge in [-0.2, -0.15) is 0 Å². The van der Waals surface area contributed by atoms with E-state index in [0.29, 0.717) is 5.75 Å². The summed E-state index contributed by atoms with van der Waals surface area (Å²) in [5, 5.41) is 9.36. The van der Waals surface area contributed by atoms with E-state index >= 15 is 0 Å². The van der Waals surface area contributed by atoms with Gasteiger partial charge in [-0.1, -0.05) is 0 Å². The van der Waals surface area contributed by atoms with Crippen molar-refractivity contribution < 1.29 is 14.6 Å². The Morgan fingerprint density at radius 1 is 0.870 bits per heavy atom. The van der Waals surface area contributed by atoms with Crippen LogP contribution >= 0.6 is 0 Å². The van der Waals surface area contributed by atoms with E-state index in [4.69, 9.17) is 10.5 Å². The molecule has 3 N–H and O–H groups in total. The molecule has 120 valence electrons. The summed E-state index contributed by atoms with van der Waals surface area (Å²) in [7, 11) is 0. The number of aromatic hydroxyl groups is 1. The van der Waals surface area contributed by atoms with Gasteiger partial charge in [-0.15, -0.1) is 0 Å². The highest BCUT2D eigenvalue weighted by atomic mass is 16.5. The summed E-state index contributed by atoms with van der Waals surface area (Å²) in [4.78, 5) is 15.3. The van der Waals surface area contributed by atoms with E-state index in [2.05, 4.69) is 9.80 Å². The highest BCUT2D eigenvalue weighted by Gasteiger charge is 2.17. The minimum atomic E-state index is -0.805. The molecule has 1 fully saturated rings. The molecule has 0 saturated carbocycles. The Balaban J connectivity index is 1.60. The largest absolute Gasteiger partial charge is 0.508 e. The second kappa shape index (κ2) is 6.48. The zero-order chi connectivity index (χ0) is 16.2. The number of rotatable bonds is 3. The smallest absolute Gasteiger partial charge is 0.409 e. The Hall–Kier alpha value is -2.89. The van der Waals surface area contributed by atoms with Crippen molar-refractivity contribution in [3.63, 3.8) is 0 Å². The van der Waals surface area contributed by atoms with E-state index in [0.717, 1.165) is 37.6 Å². The van der Waals surface area contributed by atoms with Crippen LogP contribution in [0.25, 0.3) is 0 Å². The van der Waals surface area contributed by atoms with Crippen LogP contribution in [0.4, 0.5) is 16.2 Å². The number of nitrogens with zero attached hydrogens (tertiary/aromatic N) is 2. The Morgan fingerprint density at radius 3 is 1.74 bits per heavy atom. The summed E-state index contributed by atoms with van der Waals surface area (Å²) in [6.45, 7) is 3.61. The molecule has 0 spiro atoms. The van der Waals surface area contributed by atoms with Crippen molar-refractivity contribution in [3.8, 4) is 11.5 Å². The van der Waals surface area contributed by atoms with Crippen LogP contribution in [-0.4, -0.2) is 37.4 Å². The molecule has 0 aromatic heterocycles. The Labute approximate surface area is 134 Å². The van der Waals surface area contributed by atoms with Crippen LogP contribution in [0.3, 0.4) is 0 Å². The molecule has 3 rings (SSSR count). The van der Waals surface area contributed by atoms with Gasteiger partial charge in [-0.25, -0.2) is 4.79 Å². The van der Waals surface area contributed by atoms with E-state index in [1.54, 1.807) is 24.3 Å². The summed E-state index contributed by atoms with van der Waals surface area (Å²) in [5.41, 5.74) is 7.20. The lowest BCUT2D eigenvalue weighted by Crippen LogP contribution is -2.46. The molecule has 0 radical (unpaired) electrons. The molecule has 2 aromatic rings. The van der Waals surface area contributed by atoms with Crippen LogP contribution in [0, 0.1) is 0 Å². The SMILES string of the molecule is NC(=O)Oc1ccc(N2CCN(c3ccc(O)cc3)CC2)cc1. The second-order valence-electron chi connectivity index (χ2n) is 5.41. The first kappa shape index (κ1) is 15.0. The number of hydrogen-bond acceptors (Lipinski definition) is 5. The van der Waals surface area contributed by atoms with Crippen LogP contribution < -0.4 is 20.3 Å². The number of benzene rings is 2. The van der Waals surface area contributed by atoms with E-state index in [9.17, 15) is 9.90 Å². The third-order valence-corrected chi connectivity index (χ3v) is 3.91. The fourth-order valence-electron chi connectivity index (χ4n) is 2.73. The molecular weight excluding hydrogens is 294 g/mol. The summed E-state index contributed by atoms with van der Waals surface area (Å²) in [5.74, 6) is 0.731. The quantitative estimate of drug-likeness (QED) is 0.908. The van der Waals surface area contributed by atoms with Gasteiger partial charge in [0.25, 0.3) is 0 Å². The van der Waals surface area contributed by atoms with Gasteiger partial charge < -0.3 is 25.4 Å². The Kier molecular flexibility index (Phi) is 4.23. The maximum atomic E-state index is 10.7. The van der Waals surface area contributed by atoms with Crippen molar-refractivity contribution in [1.29, 1.82) is 0 Å². The summed E-state index contributed by atoms with van der Waals surface area (Å²) < 4.78 is 4.83. The number of carbonyl (C=O) groups is 1. The Morgan fingerprint density at radius 2 is 1.30 bits per heavy atom. The van der Waals surface area contributed by atoms with Crippen LogP contribution in [0.15, 0.2) is 48.5 Å². The third kappa shape index (κ3) is 3.66. The zero-order valence-corrected chi connectivity index (χ0v) is 12.7. The van der Waals surface area contributed by atoms with Crippen molar-refractivity contribution in [2.75, 3.05) is 36.0 Å². The number of primary amides is 1. The molecule has 0 bridgehead atoms. The standard InChI is InChI=1S/C17H19N3O3/c18-17(22)23-16-7-3-14(4-8-16)20-11-9-19(10-12-20)13-1-5-15(21)6-2-13/h1-8,21H,9-12H2,(H2,18,22). The van der Waals surface area contributed by atoms with Gasteiger partial charge in [-0.3, -0.25) is 0 Å². The molecular formula is C17H19N3O3. The number of phenols is 1. The number of piperazine rings is 1. The number of phenolic OH excluding ortho intramolecular Hbond substituents is 1. The molecule has 0 unspecified atom stereocenters. The van der Waals surface area contributed by atoms with Gasteiger partial charge in [0.15, 0.2) is 0 Å². The van der Waals surface area contributed by atoms with Gasteiger partial charge in [-0.05, 0) is 48.5 Å². The average molecular weight is 313 g/mol. The first-order valence-corrected chi connectivity index (χ1v) is 7.48. The molecule has 6 nitrogen and oxygen atoms in total. The topological polar surface area (TPSA) is 79.0 Å². The molecule has 2 aromatic carbocycles. The lowest BCUT2D eigenvalue weighted by molar-refractivity contribution is 0.211. The molecule has 23 heavy (non-hydrogen) atoms. The maximum Gasteiger partial charge on any atom is 0.409 e. The van der Waals surface area contributed by atoms with Gasteiger partial charge in [0.2, 0.25) is 0 Å². The van der Waals surface area contributed by atoms with Crippen molar-refractivity contribution in [2.45, 2.75) is 0 Å². The lowest BCUT2D eigenvalue weighted by atomic mass is 10.2. The molecule has 6 heteroatoms. The van der Waals surface area contributed by atoms with Crippen molar-refractivity contribution in [1.82, 2.24) is 0 Å². The van der Waals surface area contributed by atoms with Crippen LogP contribution in [0.1, 0.15) is 0 Å². The second-order valence-corrected chi connectivity index (χ2v) is 5.41. The average Bonchev–Trinajstić information content (AvgIpc) is 2.56. The zero-order valence-electron chi connectivity index (χ0n) is 12.7. The lowest BCUT2D eigenvalue weighted by Gasteiger charge is -2.37. The Bertz CT molecular complexity index is 662. The maximum absolute atomic E-state index is 10.7. The molecule has 0 atom stereocenters. The monoisotopic (exact) mass is 313 g/mol. The first-order chi connectivity index (χ1) is 11.1. The summed E-state index contributed by atoms with van der Waals surface area (Å²) in [6, 6.07) is 14.6. The molecule has 1 saturated heterocycles. The van der Waals surface area contributed by atoms with Crippen molar-refractivity contribution in [3.05, 3.63) is 48.5 Å². The predicted octanol–water partition coefficient (Wildman–Crippen LogP) is 2.18. The van der Waals surface area contributed by atoms with Crippen LogP contribution in [-0.2, 0) is 0 Å². The van der Waals surface area contributed by atoms with Crippen LogP contribution in [0.5, 0.6) is 11.5 Å². The highest BCUT2D eigenvalue weighted by Crippen LogP contribution is 2.24. The third-order valence-electron chi connectivity index (χ3n) is 3.91. The summed E-state index contributed by atoms with van der Waals surface area (Å²) in [6.07, 6.45) is -0.805. The molecule has 0 aliphatic carbocycles. The van der Waals surface area contributed by atoms with Crippen molar-refractivity contribution >= 4 is 17.5 Å². The summed E-state index contributed by atoms with van der Waals surface area (Å²) >= 11 is 0. The normalized spacial score (nSPS) is 14.6. The van der Waals surface area contributed by atoms with E-state index in [1.165, 1.54) is 0 Å². The van der Waals surface area contributed by atoms with Gasteiger partial charge in [0, 0.05) is 37.6 Å². The number of hydrogen-bond donors (Lipinski definition) is 2. The van der Waals surface area contributed by atoms with Gasteiger partial charge in [0.05, 0.1) is 0 Å². The minimum Gasteiger partial charge on any atom is -0.508 e. The van der Waals surface area contributed by atoms with E-state index in [-0.39, 0.29) is 5.75 Å². The molecule has 1 aliphatic rings. The number of carbonyl (C=O) groups excluding carboxylic acids is 1. The number of ether oxygens (including phenoxy) is 1. The molecule has 1 amide bonds. The fourth-order valence-corrected chi connectivity index (χ4v) is 2.73. The molecule has 1 heterocycles. The number of amides is 1.